The lowest BCUT2D eigenvalue weighted by atomic mass is 9.82. The van der Waals surface area contributed by atoms with Crippen molar-refractivity contribution in [3.8, 4) is 0 Å². The van der Waals surface area contributed by atoms with Crippen LogP contribution in [0.4, 0.5) is 0 Å². The molecule has 1 fully saturated rings. The molecule has 42 heavy (non-hydrogen) atoms. The molecule has 1 atom stereocenters. The molecule has 1 aromatic heterocycles. The molecule has 5 rings (SSSR count). The molecule has 12 nitrogen and oxygen atoms in total. The van der Waals surface area contributed by atoms with Crippen LogP contribution in [0.2, 0.25) is 10.0 Å². The van der Waals surface area contributed by atoms with E-state index in [1.54, 1.807) is 29.3 Å². The predicted octanol–water partition coefficient (Wildman–Crippen LogP) is 3.42. The lowest BCUT2D eigenvalue weighted by molar-refractivity contribution is -0.138. The van der Waals surface area contributed by atoms with Crippen molar-refractivity contribution < 1.29 is 19.5 Å². The van der Waals surface area contributed by atoms with Gasteiger partial charge in [-0.2, -0.15) is 16.6 Å². The summed E-state index contributed by atoms with van der Waals surface area (Å²) in [6, 6.07) is 5.66. The summed E-state index contributed by atoms with van der Waals surface area (Å²) in [6.45, 7) is 9.47. The number of carbonyl (C=O) groups is 3. The number of rotatable bonds is 7. The molecule has 1 aliphatic carbocycles. The minimum atomic E-state index is -1.40. The number of hydrogen-bond acceptors (Lipinski definition) is 5. The van der Waals surface area contributed by atoms with Crippen molar-refractivity contribution in [3.05, 3.63) is 74.3 Å². The average molecular weight is 611 g/mol. The quantitative estimate of drug-likeness (QED) is 0.119. The fourth-order valence-electron chi connectivity index (χ4n) is 5.26. The summed E-state index contributed by atoms with van der Waals surface area (Å²) in [5, 5.41) is 23.2. The second-order valence-corrected chi connectivity index (χ2v) is 11.3. The Balaban J connectivity index is 1.29. The average Bonchev–Trinajstić information content (AvgIpc) is 3.41. The summed E-state index contributed by atoms with van der Waals surface area (Å²) >= 11 is 13.2. The van der Waals surface area contributed by atoms with Crippen LogP contribution in [0.15, 0.2) is 35.5 Å². The monoisotopic (exact) mass is 610 g/mol. The molecule has 2 heterocycles. The van der Waals surface area contributed by atoms with E-state index in [0.717, 1.165) is 23.7 Å². The first-order chi connectivity index (χ1) is 20.1. The Morgan fingerprint density at radius 2 is 2.07 bits per heavy atom. The van der Waals surface area contributed by atoms with Crippen LogP contribution in [0.5, 0.6) is 0 Å². The molecule has 0 spiro atoms. The highest BCUT2D eigenvalue weighted by Gasteiger charge is 2.30. The van der Waals surface area contributed by atoms with E-state index in [1.165, 1.54) is 0 Å². The number of H-pyrrole nitrogens is 1. The maximum Gasteiger partial charge on any atom is 0.328 e. The number of aromatic amines is 1. The van der Waals surface area contributed by atoms with Gasteiger partial charge < -0.3 is 20.6 Å². The van der Waals surface area contributed by atoms with Gasteiger partial charge in [-0.25, -0.2) is 9.79 Å². The van der Waals surface area contributed by atoms with Crippen molar-refractivity contribution in [2.24, 2.45) is 10.9 Å². The number of fused-ring (bicyclic) bond motifs is 2. The second kappa shape index (κ2) is 12.3. The molecule has 2 aromatic carbocycles. The highest BCUT2D eigenvalue weighted by Crippen LogP contribution is 2.35. The molecule has 218 valence electrons. The van der Waals surface area contributed by atoms with Crippen molar-refractivity contribution in [3.63, 3.8) is 0 Å². The van der Waals surface area contributed by atoms with E-state index in [1.807, 2.05) is 6.07 Å². The molecule has 0 bridgehead atoms. The Kier molecular flexibility index (Phi) is 8.51. The number of carboxylic acids is 1. The number of aliphatic imine (C=N–C) groups is 1. The minimum absolute atomic E-state index is 0.0354. The first kappa shape index (κ1) is 29.2. The lowest BCUT2D eigenvalue weighted by Crippen LogP contribution is -2.48. The zero-order valence-electron chi connectivity index (χ0n) is 22.6. The molecule has 2 aliphatic rings. The molecule has 0 saturated heterocycles. The van der Waals surface area contributed by atoms with Crippen molar-refractivity contribution in [1.29, 1.82) is 0 Å². The van der Waals surface area contributed by atoms with Gasteiger partial charge in [0, 0.05) is 30.1 Å². The van der Waals surface area contributed by atoms with Crippen LogP contribution in [0, 0.1) is 12.5 Å². The van der Waals surface area contributed by atoms with Gasteiger partial charge in [0.05, 0.1) is 33.9 Å². The van der Waals surface area contributed by atoms with E-state index in [-0.39, 0.29) is 46.6 Å². The van der Waals surface area contributed by atoms with Gasteiger partial charge in [0.1, 0.15) is 6.04 Å². The Morgan fingerprint density at radius 3 is 2.79 bits per heavy atom. The van der Waals surface area contributed by atoms with Crippen LogP contribution < -0.4 is 16.1 Å². The van der Waals surface area contributed by atoms with Gasteiger partial charge in [-0.05, 0) is 54.5 Å². The topological polar surface area (TPSA) is 156 Å². The van der Waals surface area contributed by atoms with Gasteiger partial charge in [0.2, 0.25) is 0 Å². The van der Waals surface area contributed by atoms with E-state index in [0.29, 0.717) is 35.6 Å². The number of aromatic nitrogens is 2. The zero-order chi connectivity index (χ0) is 30.0. The van der Waals surface area contributed by atoms with Crippen molar-refractivity contribution in [2.45, 2.75) is 44.8 Å². The summed E-state index contributed by atoms with van der Waals surface area (Å²) < 4.78 is 0. The summed E-state index contributed by atoms with van der Waals surface area (Å²) in [4.78, 5) is 47.4. The van der Waals surface area contributed by atoms with Gasteiger partial charge in [0.15, 0.2) is 0 Å². The van der Waals surface area contributed by atoms with Crippen molar-refractivity contribution in [1.82, 2.24) is 31.2 Å². The summed E-state index contributed by atoms with van der Waals surface area (Å²) in [5.74, 6) is -1.52. The number of halogens is 2. The number of benzene rings is 2. The third-order valence-electron chi connectivity index (χ3n) is 7.52. The van der Waals surface area contributed by atoms with Crippen LogP contribution in [-0.2, 0) is 17.8 Å². The number of guanidine groups is 1. The maximum atomic E-state index is 13.2. The van der Waals surface area contributed by atoms with Gasteiger partial charge in [-0.15, -0.1) is 0 Å². The molecule has 2 amide bonds. The van der Waals surface area contributed by atoms with E-state index in [9.17, 15) is 19.5 Å². The Morgan fingerprint density at radius 1 is 1.29 bits per heavy atom. The molecular formula is C28H28Cl2N8O4. The molecular weight excluding hydrogens is 583 g/mol. The van der Waals surface area contributed by atoms with Gasteiger partial charge >= 0.3 is 5.97 Å². The van der Waals surface area contributed by atoms with Crippen LogP contribution in [0.3, 0.4) is 0 Å². The molecule has 14 heteroatoms. The van der Waals surface area contributed by atoms with E-state index >= 15 is 0 Å². The smallest absolute Gasteiger partial charge is 0.328 e. The number of hydrogen-bond donors (Lipinski definition) is 5. The molecule has 5 N–H and O–H groups in total. The fraction of sp³-hybridized carbons (Fsp3) is 0.357. The Hall–Kier alpha value is -4.34. The number of carboxylic acid groups (broad SMARTS) is 1. The SMILES string of the molecule is [C-]#[N+]NC(=NC[C@H](NC(=O)c1c(Cl)cc2c(c1Cl)CCN(C(=O)c1ccc3cn[nH]c3c1)C2)C(=O)O)NC1CC(C)C1. The van der Waals surface area contributed by atoms with Crippen LogP contribution >= 0.6 is 23.2 Å². The largest absolute Gasteiger partial charge is 0.480 e. The van der Waals surface area contributed by atoms with Gasteiger partial charge in [0.25, 0.3) is 17.8 Å². The number of aliphatic carboxylic acids is 1. The predicted molar refractivity (Wildman–Crippen MR) is 157 cm³/mol. The van der Waals surface area contributed by atoms with E-state index in [4.69, 9.17) is 29.8 Å². The van der Waals surface area contributed by atoms with Gasteiger partial charge in [-0.3, -0.25) is 14.7 Å². The normalized spacial score (nSPS) is 18.8. The highest BCUT2D eigenvalue weighted by molar-refractivity contribution is 6.40. The minimum Gasteiger partial charge on any atom is -0.480 e. The molecule has 0 radical (unpaired) electrons. The lowest BCUT2D eigenvalue weighted by Gasteiger charge is -2.33. The number of carbonyl (C=O) groups excluding carboxylic acids is 2. The Bertz CT molecular complexity index is 1630. The zero-order valence-corrected chi connectivity index (χ0v) is 24.1. The maximum absolute atomic E-state index is 13.2. The third-order valence-corrected chi connectivity index (χ3v) is 8.23. The van der Waals surface area contributed by atoms with E-state index in [2.05, 4.69) is 43.1 Å². The van der Waals surface area contributed by atoms with Crippen molar-refractivity contribution >= 4 is 57.8 Å². The number of nitrogens with one attached hydrogen (secondary N) is 4. The van der Waals surface area contributed by atoms with Crippen LogP contribution in [-0.4, -0.2) is 69.1 Å². The molecule has 3 aromatic rings. The molecule has 1 aliphatic heterocycles. The summed E-state index contributed by atoms with van der Waals surface area (Å²) in [5.41, 5.74) is 5.01. The van der Waals surface area contributed by atoms with Gasteiger partial charge in [-0.1, -0.05) is 41.6 Å². The van der Waals surface area contributed by atoms with Crippen LogP contribution in [0.1, 0.15) is 51.6 Å². The standard InChI is InChI=1S/C28H28Cl2N8O4/c1-14-7-18(8-14)34-28(37-31-2)32-12-22(27(41)42)35-25(39)23-20(29)9-17-13-38(6-5-19(17)24(23)30)26(40)15-3-4-16-11-33-36-21(16)10-15/h3-4,9-11,14,18,22H,5-8,12-13H2,1H3,(H,33,36)(H,35,39)(H,41,42)(H2,32,34,37)/t14?,18?,22-/m0/s1. The fourth-order valence-corrected chi connectivity index (χ4v) is 6.03. The van der Waals surface area contributed by atoms with Crippen molar-refractivity contribution in [2.75, 3.05) is 13.1 Å². The number of amides is 2. The first-order valence-corrected chi connectivity index (χ1v) is 14.1. The summed E-state index contributed by atoms with van der Waals surface area (Å²) in [6.07, 6.45) is 3.90. The highest BCUT2D eigenvalue weighted by atomic mass is 35.5. The Labute approximate surface area is 251 Å². The number of nitrogens with zero attached hydrogens (tertiary/aromatic N) is 4. The van der Waals surface area contributed by atoms with E-state index < -0.39 is 17.9 Å². The molecule has 1 saturated carbocycles. The molecule has 0 unspecified atom stereocenters. The summed E-state index contributed by atoms with van der Waals surface area (Å²) in [7, 11) is 0. The van der Waals surface area contributed by atoms with Crippen LogP contribution in [0.25, 0.3) is 15.9 Å². The second-order valence-electron chi connectivity index (χ2n) is 10.5. The third kappa shape index (κ3) is 6.12. The first-order valence-electron chi connectivity index (χ1n) is 13.3.